The number of carbonyl (C=O) groups is 1. The molecule has 1 fully saturated rings. The van der Waals surface area contributed by atoms with E-state index in [0.717, 1.165) is 40.8 Å². The molecule has 4 aromatic rings. The first-order valence-electron chi connectivity index (χ1n) is 11.1. The normalized spacial score (nSPS) is 14.1. The molecule has 0 unspecified atom stereocenters. The molecule has 1 saturated heterocycles. The summed E-state index contributed by atoms with van der Waals surface area (Å²) in [5.41, 5.74) is 4.99. The second-order valence-corrected chi connectivity index (χ2v) is 8.72. The Labute approximate surface area is 209 Å². The molecule has 2 N–H and O–H groups in total. The van der Waals surface area contributed by atoms with E-state index < -0.39 is 12.1 Å². The Morgan fingerprint density at radius 2 is 1.76 bits per heavy atom. The minimum absolute atomic E-state index is 0.170. The van der Waals surface area contributed by atoms with Crippen LogP contribution in [0.15, 0.2) is 48.7 Å². The number of likely N-dealkylation sites (tertiary alicyclic amines) is 1. The van der Waals surface area contributed by atoms with Gasteiger partial charge in [0.1, 0.15) is 17.0 Å². The van der Waals surface area contributed by atoms with E-state index in [0.29, 0.717) is 22.9 Å². The van der Waals surface area contributed by atoms with Gasteiger partial charge in [0.25, 0.3) is 0 Å². The van der Waals surface area contributed by atoms with Gasteiger partial charge in [-0.15, -0.1) is 0 Å². The molecule has 2 aromatic carbocycles. The number of alkyl halides is 3. The third-order valence-electron chi connectivity index (χ3n) is 5.93. The average Bonchev–Trinajstić information content (AvgIpc) is 3.21. The number of hydrogen-bond donors (Lipinski definition) is 2. The van der Waals surface area contributed by atoms with Crippen LogP contribution >= 0.6 is 0 Å². The van der Waals surface area contributed by atoms with Crippen LogP contribution in [-0.2, 0) is 11.8 Å². The molecule has 0 amide bonds. The van der Waals surface area contributed by atoms with Gasteiger partial charge < -0.3 is 19.8 Å². The van der Waals surface area contributed by atoms with Gasteiger partial charge in [-0.3, -0.25) is 4.68 Å². The molecule has 5 rings (SSSR count). The Hall–Kier alpha value is -4.19. The molecule has 0 saturated carbocycles. The minimum atomic E-state index is -5.08. The number of carboxylic acid groups (broad SMARTS) is 1. The maximum Gasteiger partial charge on any atom is 0.490 e. The second kappa shape index (κ2) is 10.1. The Balaban J connectivity index is 0.000000405. The summed E-state index contributed by atoms with van der Waals surface area (Å²) in [5.74, 6) is -1.43. The smallest absolute Gasteiger partial charge is 0.490 e. The van der Waals surface area contributed by atoms with Gasteiger partial charge in [-0.2, -0.15) is 28.5 Å². The van der Waals surface area contributed by atoms with Gasteiger partial charge in [0, 0.05) is 43.2 Å². The van der Waals surface area contributed by atoms with E-state index in [-0.39, 0.29) is 5.75 Å². The lowest BCUT2D eigenvalue weighted by molar-refractivity contribution is -0.192. The summed E-state index contributed by atoms with van der Waals surface area (Å²) in [6, 6.07) is 13.5. The van der Waals surface area contributed by atoms with Gasteiger partial charge in [0.2, 0.25) is 0 Å². The fraction of sp³-hybridized carbons (Fsp3) is 0.280. The number of fused-ring (bicyclic) bond motifs is 1. The van der Waals surface area contributed by atoms with Gasteiger partial charge in [0.05, 0.1) is 18.5 Å². The molecule has 3 heterocycles. The first-order valence-corrected chi connectivity index (χ1v) is 11.1. The number of hydrogen-bond acceptors (Lipinski definition) is 7. The van der Waals surface area contributed by atoms with E-state index in [4.69, 9.17) is 14.6 Å². The van der Waals surface area contributed by atoms with Crippen LogP contribution in [0.5, 0.6) is 11.5 Å². The van der Waals surface area contributed by atoms with Crippen LogP contribution in [0.2, 0.25) is 0 Å². The number of aryl methyl sites for hydroxylation is 1. The summed E-state index contributed by atoms with van der Waals surface area (Å²) >= 11 is 0. The molecule has 0 atom stereocenters. The monoisotopic (exact) mass is 515 g/mol. The number of aliphatic carboxylic acids is 1. The summed E-state index contributed by atoms with van der Waals surface area (Å²) in [5, 5.41) is 32.0. The van der Waals surface area contributed by atoms with Crippen molar-refractivity contribution in [1.82, 2.24) is 24.9 Å². The van der Waals surface area contributed by atoms with E-state index in [1.165, 1.54) is 0 Å². The molecule has 0 radical (unpaired) electrons. The van der Waals surface area contributed by atoms with E-state index in [1.807, 2.05) is 49.6 Å². The van der Waals surface area contributed by atoms with Crippen LogP contribution in [0.25, 0.3) is 33.3 Å². The van der Waals surface area contributed by atoms with Crippen molar-refractivity contribution in [3.05, 3.63) is 54.4 Å². The van der Waals surface area contributed by atoms with Gasteiger partial charge in [0.15, 0.2) is 0 Å². The van der Waals surface area contributed by atoms with E-state index >= 15 is 0 Å². The van der Waals surface area contributed by atoms with Crippen molar-refractivity contribution >= 4 is 16.9 Å². The number of phenolic OH excluding ortho intramolecular Hbond substituents is 1. The standard InChI is InChI=1S/C23H23N5O2.C2HF3O2/c1-27-11-17(12-27)19-6-7-20(25-24-19)18-5-4-14(9-21(18)29)15-8-16-13-28(2)26-23(16)22(10-15)30-3;3-2(4,5)1(6)7/h4-10,13,17,29H,11-12H2,1-3H3;(H,6,7). The highest BCUT2D eigenvalue weighted by Gasteiger charge is 2.38. The predicted molar refractivity (Wildman–Crippen MR) is 129 cm³/mol. The Kier molecular flexibility index (Phi) is 7.03. The Morgan fingerprint density at radius 3 is 2.30 bits per heavy atom. The lowest BCUT2D eigenvalue weighted by Gasteiger charge is -2.35. The maximum absolute atomic E-state index is 10.7. The highest BCUT2D eigenvalue weighted by Crippen LogP contribution is 2.36. The second-order valence-electron chi connectivity index (χ2n) is 8.72. The first kappa shape index (κ1) is 25.9. The van der Waals surface area contributed by atoms with Gasteiger partial charge in [-0.25, -0.2) is 4.79 Å². The molecule has 12 heteroatoms. The van der Waals surface area contributed by atoms with Gasteiger partial charge in [-0.1, -0.05) is 6.07 Å². The number of ether oxygens (including phenoxy) is 1. The van der Waals surface area contributed by atoms with Crippen molar-refractivity contribution in [2.45, 2.75) is 12.1 Å². The average molecular weight is 515 g/mol. The first-order chi connectivity index (χ1) is 17.5. The highest BCUT2D eigenvalue weighted by molar-refractivity contribution is 5.90. The third-order valence-corrected chi connectivity index (χ3v) is 5.93. The number of rotatable bonds is 4. The van der Waals surface area contributed by atoms with Gasteiger partial charge >= 0.3 is 12.1 Å². The number of aromatic nitrogens is 4. The van der Waals surface area contributed by atoms with Crippen molar-refractivity contribution in [2.24, 2.45) is 7.05 Å². The van der Waals surface area contributed by atoms with Crippen molar-refractivity contribution < 1.29 is 32.9 Å². The molecule has 0 aliphatic carbocycles. The molecule has 37 heavy (non-hydrogen) atoms. The van der Waals surface area contributed by atoms with Crippen molar-refractivity contribution in [3.63, 3.8) is 0 Å². The number of methoxy groups -OCH3 is 1. The quantitative estimate of drug-likeness (QED) is 0.418. The number of nitrogens with zero attached hydrogens (tertiary/aromatic N) is 5. The Morgan fingerprint density at radius 1 is 1.05 bits per heavy atom. The molecule has 9 nitrogen and oxygen atoms in total. The third kappa shape index (κ3) is 5.64. The zero-order chi connectivity index (χ0) is 26.9. The lowest BCUT2D eigenvalue weighted by atomic mass is 9.96. The topological polar surface area (TPSA) is 114 Å². The minimum Gasteiger partial charge on any atom is -0.507 e. The summed E-state index contributed by atoms with van der Waals surface area (Å²) in [7, 11) is 5.62. The summed E-state index contributed by atoms with van der Waals surface area (Å²) in [6.07, 6.45) is -3.13. The van der Waals surface area contributed by atoms with Gasteiger partial charge in [-0.05, 0) is 54.6 Å². The summed E-state index contributed by atoms with van der Waals surface area (Å²) in [4.78, 5) is 11.1. The molecule has 1 aliphatic heterocycles. The van der Waals surface area contributed by atoms with E-state index in [2.05, 4.69) is 27.2 Å². The maximum atomic E-state index is 10.7. The SMILES string of the molecule is COc1cc(-c2ccc(-c3ccc(C4CN(C)C4)nn3)c(O)c2)cc2cn(C)nc12.O=C(O)C(F)(F)F. The van der Waals surface area contributed by atoms with Crippen LogP contribution in [0.3, 0.4) is 0 Å². The molecule has 0 bridgehead atoms. The highest BCUT2D eigenvalue weighted by atomic mass is 19.4. The number of benzene rings is 2. The molecular formula is C25H24F3N5O4. The van der Waals surface area contributed by atoms with E-state index in [1.54, 1.807) is 17.9 Å². The van der Waals surface area contributed by atoms with Crippen molar-refractivity contribution in [2.75, 3.05) is 27.2 Å². The molecule has 2 aromatic heterocycles. The van der Waals surface area contributed by atoms with Crippen molar-refractivity contribution in [1.29, 1.82) is 0 Å². The lowest BCUT2D eigenvalue weighted by Crippen LogP contribution is -2.42. The molecule has 1 aliphatic rings. The van der Waals surface area contributed by atoms with Crippen LogP contribution < -0.4 is 4.74 Å². The van der Waals surface area contributed by atoms with E-state index in [9.17, 15) is 18.3 Å². The zero-order valence-corrected chi connectivity index (χ0v) is 20.2. The fourth-order valence-corrected chi connectivity index (χ4v) is 4.06. The van der Waals surface area contributed by atoms with Crippen LogP contribution in [-0.4, -0.2) is 74.5 Å². The number of carboxylic acids is 1. The van der Waals surface area contributed by atoms with Crippen LogP contribution in [0.1, 0.15) is 11.6 Å². The largest absolute Gasteiger partial charge is 0.507 e. The summed E-state index contributed by atoms with van der Waals surface area (Å²) < 4.78 is 39.0. The van der Waals surface area contributed by atoms with Crippen molar-refractivity contribution in [3.8, 4) is 33.9 Å². The number of aromatic hydroxyl groups is 1. The predicted octanol–water partition coefficient (Wildman–Crippen LogP) is 4.07. The Bertz CT molecular complexity index is 1430. The number of likely N-dealkylation sites (N-methyl/N-ethyl adjacent to an activating group) is 1. The summed E-state index contributed by atoms with van der Waals surface area (Å²) in [6.45, 7) is 2.03. The number of phenols is 1. The molecule has 194 valence electrons. The fourth-order valence-electron chi connectivity index (χ4n) is 4.06. The molecule has 0 spiro atoms. The van der Waals surface area contributed by atoms with Crippen LogP contribution in [0, 0.1) is 0 Å². The zero-order valence-electron chi connectivity index (χ0n) is 20.2. The number of halogens is 3. The molecular weight excluding hydrogens is 491 g/mol. The van der Waals surface area contributed by atoms with Crippen LogP contribution in [0.4, 0.5) is 13.2 Å².